The maximum atomic E-state index is 13.4. The molecular weight excluding hydrogens is 334 g/mol. The highest BCUT2D eigenvalue weighted by Gasteiger charge is 2.22. The normalized spacial score (nSPS) is 12.5. The monoisotopic (exact) mass is 354 g/mol. The SMILES string of the molecule is CCC(OC(C)=O)c1nc(Sc2cc(F)cc(F)c2)c(C(C)C)[nH]1. The quantitative estimate of drug-likeness (QED) is 0.744. The molecule has 4 nitrogen and oxygen atoms in total. The number of nitrogens with one attached hydrogen (secondary N) is 1. The average molecular weight is 354 g/mol. The molecule has 0 aliphatic heterocycles. The lowest BCUT2D eigenvalue weighted by Crippen LogP contribution is -2.09. The molecule has 0 saturated heterocycles. The zero-order chi connectivity index (χ0) is 17.9. The Balaban J connectivity index is 2.36. The molecule has 130 valence electrons. The number of ether oxygens (including phenoxy) is 1. The predicted octanol–water partition coefficient (Wildman–Crippen LogP) is 4.98. The van der Waals surface area contributed by atoms with E-state index in [-0.39, 0.29) is 11.9 Å². The first-order chi connectivity index (χ1) is 11.3. The molecule has 0 saturated carbocycles. The number of hydrogen-bond acceptors (Lipinski definition) is 4. The van der Waals surface area contributed by atoms with Crippen molar-refractivity contribution in [3.05, 3.63) is 41.4 Å². The number of nitrogens with zero attached hydrogens (tertiary/aromatic N) is 1. The van der Waals surface area contributed by atoms with Crippen LogP contribution >= 0.6 is 11.8 Å². The molecule has 0 fully saturated rings. The van der Waals surface area contributed by atoms with E-state index >= 15 is 0 Å². The summed E-state index contributed by atoms with van der Waals surface area (Å²) in [4.78, 5) is 19.3. The van der Waals surface area contributed by atoms with Gasteiger partial charge in [-0.2, -0.15) is 0 Å². The minimum absolute atomic E-state index is 0.127. The minimum atomic E-state index is -0.634. The Kier molecular flexibility index (Phi) is 5.99. The molecule has 2 rings (SSSR count). The molecule has 1 N–H and O–H groups in total. The molecule has 0 bridgehead atoms. The van der Waals surface area contributed by atoms with Crippen LogP contribution < -0.4 is 0 Å². The van der Waals surface area contributed by atoms with Crippen LogP contribution in [0.1, 0.15) is 57.7 Å². The van der Waals surface area contributed by atoms with Crippen molar-refractivity contribution in [2.45, 2.75) is 56.1 Å². The van der Waals surface area contributed by atoms with Gasteiger partial charge in [-0.15, -0.1) is 0 Å². The number of H-pyrrole nitrogens is 1. The Labute approximate surface area is 144 Å². The molecule has 0 aliphatic rings. The predicted molar refractivity (Wildman–Crippen MR) is 88.0 cm³/mol. The van der Waals surface area contributed by atoms with Gasteiger partial charge in [-0.1, -0.05) is 32.5 Å². The van der Waals surface area contributed by atoms with Crippen LogP contribution in [0.4, 0.5) is 8.78 Å². The summed E-state index contributed by atoms with van der Waals surface area (Å²) in [6, 6.07) is 3.35. The molecule has 1 atom stereocenters. The second kappa shape index (κ2) is 7.79. The van der Waals surface area contributed by atoms with Crippen molar-refractivity contribution in [3.63, 3.8) is 0 Å². The molecule has 0 radical (unpaired) electrons. The third-order valence-corrected chi connectivity index (χ3v) is 4.30. The minimum Gasteiger partial charge on any atom is -0.454 e. The molecule has 1 aromatic carbocycles. The van der Waals surface area contributed by atoms with Gasteiger partial charge in [0, 0.05) is 17.9 Å². The summed E-state index contributed by atoms with van der Waals surface area (Å²) in [7, 11) is 0. The van der Waals surface area contributed by atoms with E-state index in [4.69, 9.17) is 4.74 Å². The molecule has 7 heteroatoms. The molecule has 2 aromatic rings. The van der Waals surface area contributed by atoms with Crippen molar-refractivity contribution in [2.75, 3.05) is 0 Å². The summed E-state index contributed by atoms with van der Waals surface area (Å²) in [5.74, 6) is -0.986. The fraction of sp³-hybridized carbons (Fsp3) is 0.412. The van der Waals surface area contributed by atoms with Gasteiger partial charge in [0.2, 0.25) is 0 Å². The van der Waals surface area contributed by atoms with Crippen LogP contribution in [0.3, 0.4) is 0 Å². The first kappa shape index (κ1) is 18.4. The summed E-state index contributed by atoms with van der Waals surface area (Å²) < 4.78 is 32.0. The number of hydrogen-bond donors (Lipinski definition) is 1. The summed E-state index contributed by atoms with van der Waals surface area (Å²) in [5, 5.41) is 0.621. The molecule has 24 heavy (non-hydrogen) atoms. The third-order valence-electron chi connectivity index (χ3n) is 3.33. The topological polar surface area (TPSA) is 55.0 Å². The summed E-state index contributed by atoms with van der Waals surface area (Å²) in [5.41, 5.74) is 0.838. The maximum Gasteiger partial charge on any atom is 0.303 e. The summed E-state index contributed by atoms with van der Waals surface area (Å²) in [6.45, 7) is 7.21. The molecule has 1 heterocycles. The Bertz CT molecular complexity index is 711. The van der Waals surface area contributed by atoms with E-state index in [1.807, 2.05) is 20.8 Å². The Morgan fingerprint density at radius 3 is 2.42 bits per heavy atom. The van der Waals surface area contributed by atoms with Crippen molar-refractivity contribution < 1.29 is 18.3 Å². The Morgan fingerprint density at radius 2 is 1.92 bits per heavy atom. The van der Waals surface area contributed by atoms with E-state index in [0.29, 0.717) is 22.2 Å². The van der Waals surface area contributed by atoms with Gasteiger partial charge in [-0.25, -0.2) is 13.8 Å². The second-order valence-electron chi connectivity index (χ2n) is 5.71. The number of aromatic amines is 1. The van der Waals surface area contributed by atoms with Gasteiger partial charge in [0.25, 0.3) is 0 Å². The summed E-state index contributed by atoms with van der Waals surface area (Å²) >= 11 is 1.18. The maximum absolute atomic E-state index is 13.4. The fourth-order valence-electron chi connectivity index (χ4n) is 2.24. The van der Waals surface area contributed by atoms with Crippen molar-refractivity contribution >= 4 is 17.7 Å². The van der Waals surface area contributed by atoms with E-state index in [1.165, 1.54) is 30.8 Å². The third kappa shape index (κ3) is 4.56. The highest BCUT2D eigenvalue weighted by atomic mass is 32.2. The molecule has 0 amide bonds. The Hall–Kier alpha value is -1.89. The van der Waals surface area contributed by atoms with E-state index in [2.05, 4.69) is 9.97 Å². The number of imidazole rings is 1. The highest BCUT2D eigenvalue weighted by molar-refractivity contribution is 7.99. The molecule has 0 spiro atoms. The zero-order valence-electron chi connectivity index (χ0n) is 14.0. The van der Waals surface area contributed by atoms with Crippen LogP contribution in [0.25, 0.3) is 0 Å². The van der Waals surface area contributed by atoms with Crippen LogP contribution in [0.15, 0.2) is 28.1 Å². The average Bonchev–Trinajstić information content (AvgIpc) is 2.87. The molecule has 1 unspecified atom stereocenters. The van der Waals surface area contributed by atoms with Gasteiger partial charge in [-0.05, 0) is 24.5 Å². The lowest BCUT2D eigenvalue weighted by Gasteiger charge is -2.12. The van der Waals surface area contributed by atoms with Crippen molar-refractivity contribution in [2.24, 2.45) is 0 Å². The largest absolute Gasteiger partial charge is 0.454 e. The van der Waals surface area contributed by atoms with Crippen molar-refractivity contribution in [3.8, 4) is 0 Å². The molecular formula is C17H20F2N2O2S. The molecule has 0 aliphatic carbocycles. The van der Waals surface area contributed by atoms with Gasteiger partial charge in [0.1, 0.15) is 22.5 Å². The van der Waals surface area contributed by atoms with Crippen LogP contribution in [0.5, 0.6) is 0 Å². The van der Waals surface area contributed by atoms with Crippen molar-refractivity contribution in [1.29, 1.82) is 0 Å². The number of esters is 1. The van der Waals surface area contributed by atoms with E-state index in [9.17, 15) is 13.6 Å². The Morgan fingerprint density at radius 1 is 1.29 bits per heavy atom. The van der Waals surface area contributed by atoms with E-state index in [0.717, 1.165) is 11.8 Å². The van der Waals surface area contributed by atoms with E-state index in [1.54, 1.807) is 0 Å². The van der Waals surface area contributed by atoms with Crippen molar-refractivity contribution in [1.82, 2.24) is 9.97 Å². The second-order valence-corrected chi connectivity index (χ2v) is 6.77. The van der Waals surface area contributed by atoms with E-state index < -0.39 is 17.7 Å². The number of halogens is 2. The number of rotatable bonds is 6. The van der Waals surface area contributed by atoms with Crippen LogP contribution in [-0.4, -0.2) is 15.9 Å². The van der Waals surface area contributed by atoms with Gasteiger partial charge >= 0.3 is 5.97 Å². The van der Waals surface area contributed by atoms with Gasteiger partial charge < -0.3 is 9.72 Å². The fourth-order valence-corrected chi connectivity index (χ4v) is 3.35. The number of carbonyl (C=O) groups is 1. The number of carbonyl (C=O) groups excluding carboxylic acids is 1. The molecule has 1 aromatic heterocycles. The lowest BCUT2D eigenvalue weighted by atomic mass is 10.1. The first-order valence-electron chi connectivity index (χ1n) is 7.71. The smallest absolute Gasteiger partial charge is 0.303 e. The van der Waals surface area contributed by atoms with Crippen LogP contribution in [-0.2, 0) is 9.53 Å². The van der Waals surface area contributed by atoms with Crippen LogP contribution in [0.2, 0.25) is 0 Å². The van der Waals surface area contributed by atoms with Gasteiger partial charge in [-0.3, -0.25) is 4.79 Å². The first-order valence-corrected chi connectivity index (χ1v) is 8.52. The summed E-state index contributed by atoms with van der Waals surface area (Å²) in [6.07, 6.45) is 0.0992. The lowest BCUT2D eigenvalue weighted by molar-refractivity contribution is -0.147. The van der Waals surface area contributed by atoms with Crippen LogP contribution in [0, 0.1) is 11.6 Å². The standard InChI is InChI=1S/C17H20F2N2O2S/c1-5-14(23-10(4)22)16-20-15(9(2)3)17(21-16)24-13-7-11(18)6-12(19)8-13/h6-9,14H,5H2,1-4H3,(H,20,21). The zero-order valence-corrected chi connectivity index (χ0v) is 14.8. The number of aromatic nitrogens is 2. The van der Waals surface area contributed by atoms with Gasteiger partial charge in [0.15, 0.2) is 6.10 Å². The van der Waals surface area contributed by atoms with Gasteiger partial charge in [0.05, 0.1) is 5.69 Å². The number of benzene rings is 1. The highest BCUT2D eigenvalue weighted by Crippen LogP contribution is 2.35.